The molecule has 1 aliphatic heterocycles. The molecule has 0 saturated carbocycles. The Bertz CT molecular complexity index is 532. The van der Waals surface area contributed by atoms with Crippen LogP contribution in [0, 0.1) is 0 Å². The average molecular weight is 265 g/mol. The number of aromatic nitrogens is 1. The van der Waals surface area contributed by atoms with Crippen LogP contribution in [0.4, 0.5) is 0 Å². The first-order chi connectivity index (χ1) is 8.83. The Kier molecular flexibility index (Phi) is 3.55. The zero-order valence-electron chi connectivity index (χ0n) is 10.2. The maximum atomic E-state index is 5.98. The van der Waals surface area contributed by atoms with Crippen LogP contribution >= 0.6 is 11.6 Å². The van der Waals surface area contributed by atoms with E-state index in [0.717, 1.165) is 43.1 Å². The third-order valence-corrected chi connectivity index (χ3v) is 3.77. The summed E-state index contributed by atoms with van der Waals surface area (Å²) < 4.78 is 5.36. The molecule has 0 atom stereocenters. The molecule has 3 rings (SSSR count). The van der Waals surface area contributed by atoms with Crippen LogP contribution in [0.25, 0.3) is 10.9 Å². The van der Waals surface area contributed by atoms with E-state index < -0.39 is 0 Å². The summed E-state index contributed by atoms with van der Waals surface area (Å²) in [4.78, 5) is 3.27. The van der Waals surface area contributed by atoms with E-state index in [9.17, 15) is 0 Å². The average Bonchev–Trinajstić information content (AvgIpc) is 2.80. The second-order valence-electron chi connectivity index (χ2n) is 4.77. The van der Waals surface area contributed by atoms with Gasteiger partial charge in [-0.2, -0.15) is 0 Å². The second-order valence-corrected chi connectivity index (χ2v) is 5.21. The van der Waals surface area contributed by atoms with Crippen molar-refractivity contribution in [2.45, 2.75) is 25.4 Å². The molecule has 0 bridgehead atoms. The molecule has 4 heteroatoms. The minimum absolute atomic E-state index is 0.580. The highest BCUT2D eigenvalue weighted by Gasteiger charge is 2.13. The van der Waals surface area contributed by atoms with E-state index >= 15 is 0 Å². The standard InChI is InChI=1S/C14H17ClN2O/c15-11-1-2-13-10(9-17-14(13)7-11)8-16-12-3-5-18-6-4-12/h1-2,7,9,12,16-17H,3-6,8H2. The van der Waals surface area contributed by atoms with Gasteiger partial charge in [-0.25, -0.2) is 0 Å². The van der Waals surface area contributed by atoms with Crippen molar-refractivity contribution in [2.24, 2.45) is 0 Å². The van der Waals surface area contributed by atoms with Crippen LogP contribution in [0.2, 0.25) is 5.02 Å². The molecule has 1 fully saturated rings. The molecule has 18 heavy (non-hydrogen) atoms. The maximum absolute atomic E-state index is 5.98. The van der Waals surface area contributed by atoms with Gasteiger partial charge in [-0.1, -0.05) is 17.7 Å². The maximum Gasteiger partial charge on any atom is 0.0480 e. The summed E-state index contributed by atoms with van der Waals surface area (Å²) >= 11 is 5.98. The zero-order chi connectivity index (χ0) is 12.4. The Morgan fingerprint density at radius 1 is 1.33 bits per heavy atom. The molecule has 0 unspecified atom stereocenters. The molecular formula is C14H17ClN2O. The van der Waals surface area contributed by atoms with Crippen LogP contribution in [0.1, 0.15) is 18.4 Å². The van der Waals surface area contributed by atoms with Crippen LogP contribution in [0.3, 0.4) is 0 Å². The van der Waals surface area contributed by atoms with E-state index in [1.54, 1.807) is 0 Å². The highest BCUT2D eigenvalue weighted by molar-refractivity contribution is 6.31. The molecule has 1 aromatic carbocycles. The van der Waals surface area contributed by atoms with E-state index in [-0.39, 0.29) is 0 Å². The van der Waals surface area contributed by atoms with E-state index in [0.29, 0.717) is 6.04 Å². The highest BCUT2D eigenvalue weighted by Crippen LogP contribution is 2.22. The van der Waals surface area contributed by atoms with Crippen molar-refractivity contribution in [1.29, 1.82) is 0 Å². The summed E-state index contributed by atoms with van der Waals surface area (Å²) in [6.07, 6.45) is 4.27. The number of halogens is 1. The third-order valence-electron chi connectivity index (χ3n) is 3.53. The number of benzene rings is 1. The minimum atomic E-state index is 0.580. The van der Waals surface area contributed by atoms with Crippen LogP contribution in [-0.4, -0.2) is 24.2 Å². The molecule has 96 valence electrons. The Morgan fingerprint density at radius 2 is 2.17 bits per heavy atom. The lowest BCUT2D eigenvalue weighted by Gasteiger charge is -2.23. The Morgan fingerprint density at radius 3 is 3.00 bits per heavy atom. The normalized spacial score (nSPS) is 17.4. The number of H-pyrrole nitrogens is 1. The van der Waals surface area contributed by atoms with Crippen molar-refractivity contribution >= 4 is 22.5 Å². The topological polar surface area (TPSA) is 37.0 Å². The number of fused-ring (bicyclic) bond motifs is 1. The number of nitrogens with one attached hydrogen (secondary N) is 2. The van der Waals surface area contributed by atoms with Gasteiger partial charge in [0, 0.05) is 47.9 Å². The number of hydrogen-bond acceptors (Lipinski definition) is 2. The Labute approximate surface area is 111 Å². The van der Waals surface area contributed by atoms with Gasteiger partial charge in [-0.05, 0) is 30.5 Å². The molecule has 2 aromatic rings. The van der Waals surface area contributed by atoms with Gasteiger partial charge in [-0.15, -0.1) is 0 Å². The van der Waals surface area contributed by atoms with Crippen molar-refractivity contribution in [3.8, 4) is 0 Å². The summed E-state index contributed by atoms with van der Waals surface area (Å²) in [6, 6.07) is 6.57. The summed E-state index contributed by atoms with van der Waals surface area (Å²) in [5.74, 6) is 0. The van der Waals surface area contributed by atoms with E-state index in [4.69, 9.17) is 16.3 Å². The molecule has 1 saturated heterocycles. The van der Waals surface area contributed by atoms with E-state index in [1.807, 2.05) is 12.1 Å². The highest BCUT2D eigenvalue weighted by atomic mass is 35.5. The fourth-order valence-corrected chi connectivity index (χ4v) is 2.63. The van der Waals surface area contributed by atoms with Crippen LogP contribution in [0.15, 0.2) is 24.4 Å². The molecule has 1 aromatic heterocycles. The minimum Gasteiger partial charge on any atom is -0.381 e. The summed E-state index contributed by atoms with van der Waals surface area (Å²) in [7, 11) is 0. The third kappa shape index (κ3) is 2.53. The monoisotopic (exact) mass is 264 g/mol. The smallest absolute Gasteiger partial charge is 0.0480 e. The van der Waals surface area contributed by atoms with Crippen molar-refractivity contribution in [3.05, 3.63) is 35.0 Å². The number of hydrogen-bond donors (Lipinski definition) is 2. The first-order valence-corrected chi connectivity index (χ1v) is 6.77. The van der Waals surface area contributed by atoms with E-state index in [2.05, 4.69) is 22.6 Å². The number of ether oxygens (including phenoxy) is 1. The Balaban J connectivity index is 1.70. The van der Waals surface area contributed by atoms with Gasteiger partial charge in [0.2, 0.25) is 0 Å². The molecule has 0 amide bonds. The molecule has 0 aliphatic carbocycles. The predicted octanol–water partition coefficient (Wildman–Crippen LogP) is 3.09. The quantitative estimate of drug-likeness (QED) is 0.894. The first kappa shape index (κ1) is 12.0. The molecule has 2 N–H and O–H groups in total. The fourth-order valence-electron chi connectivity index (χ4n) is 2.46. The Hall–Kier alpha value is -1.03. The van der Waals surface area contributed by atoms with Gasteiger partial charge in [0.25, 0.3) is 0 Å². The number of rotatable bonds is 3. The molecule has 1 aliphatic rings. The summed E-state index contributed by atoms with van der Waals surface area (Å²) in [5.41, 5.74) is 2.40. The van der Waals surface area contributed by atoms with Crippen molar-refractivity contribution < 1.29 is 4.74 Å². The van der Waals surface area contributed by atoms with E-state index in [1.165, 1.54) is 10.9 Å². The number of aromatic amines is 1. The van der Waals surface area contributed by atoms with Gasteiger partial charge in [0.05, 0.1) is 0 Å². The lowest BCUT2D eigenvalue weighted by molar-refractivity contribution is 0.0776. The lowest BCUT2D eigenvalue weighted by atomic mass is 10.1. The van der Waals surface area contributed by atoms with Crippen LogP contribution < -0.4 is 5.32 Å². The van der Waals surface area contributed by atoms with Crippen molar-refractivity contribution in [3.63, 3.8) is 0 Å². The van der Waals surface area contributed by atoms with Crippen molar-refractivity contribution in [1.82, 2.24) is 10.3 Å². The molecule has 0 radical (unpaired) electrons. The summed E-state index contributed by atoms with van der Waals surface area (Å²) in [6.45, 7) is 2.65. The summed E-state index contributed by atoms with van der Waals surface area (Å²) in [5, 5.41) is 5.62. The molecular weight excluding hydrogens is 248 g/mol. The second kappa shape index (κ2) is 5.31. The van der Waals surface area contributed by atoms with Gasteiger partial charge in [0.1, 0.15) is 0 Å². The van der Waals surface area contributed by atoms with Gasteiger partial charge in [-0.3, -0.25) is 0 Å². The first-order valence-electron chi connectivity index (χ1n) is 6.39. The molecule has 3 nitrogen and oxygen atoms in total. The van der Waals surface area contributed by atoms with Gasteiger partial charge >= 0.3 is 0 Å². The van der Waals surface area contributed by atoms with Crippen molar-refractivity contribution in [2.75, 3.05) is 13.2 Å². The zero-order valence-corrected chi connectivity index (χ0v) is 11.0. The van der Waals surface area contributed by atoms with Crippen LogP contribution in [-0.2, 0) is 11.3 Å². The SMILES string of the molecule is Clc1ccc2c(CNC3CCOCC3)c[nH]c2c1. The fraction of sp³-hybridized carbons (Fsp3) is 0.429. The predicted molar refractivity (Wildman–Crippen MR) is 74.0 cm³/mol. The largest absolute Gasteiger partial charge is 0.381 e. The van der Waals surface area contributed by atoms with Gasteiger partial charge < -0.3 is 15.0 Å². The van der Waals surface area contributed by atoms with Gasteiger partial charge in [0.15, 0.2) is 0 Å². The molecule has 2 heterocycles. The molecule has 0 spiro atoms. The lowest BCUT2D eigenvalue weighted by Crippen LogP contribution is -2.34. The van der Waals surface area contributed by atoms with Crippen LogP contribution in [0.5, 0.6) is 0 Å².